The first kappa shape index (κ1) is 27.7. The summed E-state index contributed by atoms with van der Waals surface area (Å²) in [5.41, 5.74) is 3.61. The molecule has 2 saturated heterocycles. The van der Waals surface area contributed by atoms with Crippen LogP contribution in [-0.2, 0) is 6.42 Å². The summed E-state index contributed by atoms with van der Waals surface area (Å²) < 4.78 is 38.7. The van der Waals surface area contributed by atoms with Crippen LogP contribution in [0.5, 0.6) is 11.5 Å². The number of piperidine rings is 1. The van der Waals surface area contributed by atoms with Crippen molar-refractivity contribution in [3.63, 3.8) is 0 Å². The number of hydrogen-bond acceptors (Lipinski definition) is 5. The molecule has 0 bridgehead atoms. The van der Waals surface area contributed by atoms with Crippen molar-refractivity contribution >= 4 is 5.91 Å². The number of piperazine rings is 1. The highest BCUT2D eigenvalue weighted by Crippen LogP contribution is 2.33. The first-order valence-electron chi connectivity index (χ1n) is 14.6. The van der Waals surface area contributed by atoms with Gasteiger partial charge in [0.25, 0.3) is 5.91 Å². The Kier molecular flexibility index (Phi) is 7.95. The molecule has 0 aliphatic carbocycles. The Bertz CT molecular complexity index is 1390. The van der Waals surface area contributed by atoms with Gasteiger partial charge in [0.15, 0.2) is 11.5 Å². The maximum Gasteiger partial charge on any atom is 0.256 e. The van der Waals surface area contributed by atoms with Crippen molar-refractivity contribution < 1.29 is 23.0 Å². The van der Waals surface area contributed by atoms with Crippen molar-refractivity contribution in [1.29, 1.82) is 0 Å². The van der Waals surface area contributed by atoms with Crippen LogP contribution in [0, 0.1) is 11.6 Å². The van der Waals surface area contributed by atoms with Crippen molar-refractivity contribution in [2.45, 2.75) is 51.2 Å². The average molecular weight is 562 g/mol. The SMILES string of the molecule is C[C@@H]1CN(C2CCN(C(=O)c3cc(F)ccc3F)CC2)CCN1[C@@H](C)c1ccc(Cc2ccc3c(c2)OCO3)cc1. The molecule has 216 valence electrons. The zero-order valence-corrected chi connectivity index (χ0v) is 23.7. The van der Waals surface area contributed by atoms with E-state index in [0.29, 0.717) is 38.0 Å². The third-order valence-corrected chi connectivity index (χ3v) is 8.94. The lowest BCUT2D eigenvalue weighted by atomic mass is 9.97. The summed E-state index contributed by atoms with van der Waals surface area (Å²) in [6, 6.07) is 19.2. The lowest BCUT2D eigenvalue weighted by Gasteiger charge is -2.47. The first-order valence-corrected chi connectivity index (χ1v) is 14.6. The van der Waals surface area contributed by atoms with Crippen LogP contribution in [0.2, 0.25) is 0 Å². The fourth-order valence-electron chi connectivity index (χ4n) is 6.56. The number of ether oxygens (including phenoxy) is 2. The number of carbonyl (C=O) groups is 1. The predicted octanol–water partition coefficient (Wildman–Crippen LogP) is 5.66. The van der Waals surface area contributed by atoms with E-state index in [4.69, 9.17) is 9.47 Å². The summed E-state index contributed by atoms with van der Waals surface area (Å²) in [4.78, 5) is 19.6. The van der Waals surface area contributed by atoms with Crippen LogP contribution in [0.1, 0.15) is 59.8 Å². The number of likely N-dealkylation sites (tertiary alicyclic amines) is 1. The van der Waals surface area contributed by atoms with Gasteiger partial charge in [0.05, 0.1) is 5.56 Å². The van der Waals surface area contributed by atoms with Crippen molar-refractivity contribution in [2.24, 2.45) is 0 Å². The van der Waals surface area contributed by atoms with Crippen LogP contribution in [0.25, 0.3) is 0 Å². The van der Waals surface area contributed by atoms with Crippen molar-refractivity contribution in [2.75, 3.05) is 39.5 Å². The third kappa shape index (κ3) is 5.95. The average Bonchev–Trinajstić information content (AvgIpc) is 3.46. The molecule has 41 heavy (non-hydrogen) atoms. The summed E-state index contributed by atoms with van der Waals surface area (Å²) in [6.07, 6.45) is 2.54. The Balaban J connectivity index is 1.01. The number of benzene rings is 3. The van der Waals surface area contributed by atoms with Gasteiger partial charge in [0, 0.05) is 50.8 Å². The normalized spacial score (nSPS) is 20.8. The van der Waals surface area contributed by atoms with E-state index in [-0.39, 0.29) is 5.56 Å². The molecule has 6 rings (SSSR count). The highest BCUT2D eigenvalue weighted by Gasteiger charge is 2.34. The molecule has 6 nitrogen and oxygen atoms in total. The highest BCUT2D eigenvalue weighted by atomic mass is 19.1. The number of nitrogens with zero attached hydrogens (tertiary/aromatic N) is 3. The van der Waals surface area contributed by atoms with Gasteiger partial charge in [-0.2, -0.15) is 0 Å². The number of carbonyl (C=O) groups excluding carboxylic acids is 1. The summed E-state index contributed by atoms with van der Waals surface area (Å²) in [7, 11) is 0. The van der Waals surface area contributed by atoms with Gasteiger partial charge in [-0.1, -0.05) is 30.3 Å². The van der Waals surface area contributed by atoms with Crippen LogP contribution < -0.4 is 9.47 Å². The molecule has 3 aromatic rings. The molecule has 0 saturated carbocycles. The van der Waals surface area contributed by atoms with Gasteiger partial charge in [-0.25, -0.2) is 8.78 Å². The summed E-state index contributed by atoms with van der Waals surface area (Å²) in [5, 5.41) is 0. The molecule has 2 fully saturated rings. The van der Waals surface area contributed by atoms with Gasteiger partial charge in [-0.05, 0) is 80.1 Å². The minimum atomic E-state index is -0.670. The molecule has 2 atom stereocenters. The van der Waals surface area contributed by atoms with E-state index < -0.39 is 17.5 Å². The fourth-order valence-corrected chi connectivity index (χ4v) is 6.56. The minimum Gasteiger partial charge on any atom is -0.454 e. The lowest BCUT2D eigenvalue weighted by molar-refractivity contribution is 0.0134. The summed E-state index contributed by atoms with van der Waals surface area (Å²) in [5.74, 6) is -0.0568. The van der Waals surface area contributed by atoms with Crippen molar-refractivity contribution in [3.8, 4) is 11.5 Å². The van der Waals surface area contributed by atoms with E-state index in [2.05, 4.69) is 60.0 Å². The molecule has 3 aromatic carbocycles. The Hall–Kier alpha value is -3.49. The van der Waals surface area contributed by atoms with E-state index in [1.165, 1.54) is 16.7 Å². The van der Waals surface area contributed by atoms with Crippen LogP contribution >= 0.6 is 0 Å². The molecule has 3 heterocycles. The number of halogens is 2. The first-order chi connectivity index (χ1) is 19.9. The lowest BCUT2D eigenvalue weighted by Crippen LogP contribution is -2.57. The van der Waals surface area contributed by atoms with E-state index >= 15 is 0 Å². The monoisotopic (exact) mass is 561 g/mol. The second kappa shape index (κ2) is 11.8. The quantitative estimate of drug-likeness (QED) is 0.389. The van der Waals surface area contributed by atoms with E-state index in [0.717, 1.165) is 68.6 Å². The smallest absolute Gasteiger partial charge is 0.256 e. The third-order valence-electron chi connectivity index (χ3n) is 8.94. The summed E-state index contributed by atoms with van der Waals surface area (Å²) in [6.45, 7) is 8.92. The Morgan fingerprint density at radius 3 is 2.39 bits per heavy atom. The van der Waals surface area contributed by atoms with Gasteiger partial charge in [0.2, 0.25) is 6.79 Å². The second-order valence-electron chi connectivity index (χ2n) is 11.5. The Morgan fingerprint density at radius 1 is 0.902 bits per heavy atom. The Morgan fingerprint density at radius 2 is 1.63 bits per heavy atom. The van der Waals surface area contributed by atoms with Gasteiger partial charge in [-0.3, -0.25) is 14.6 Å². The van der Waals surface area contributed by atoms with Gasteiger partial charge in [0.1, 0.15) is 11.6 Å². The molecule has 8 heteroatoms. The van der Waals surface area contributed by atoms with Crippen LogP contribution in [0.3, 0.4) is 0 Å². The van der Waals surface area contributed by atoms with Gasteiger partial charge < -0.3 is 14.4 Å². The second-order valence-corrected chi connectivity index (χ2v) is 11.5. The van der Waals surface area contributed by atoms with E-state index in [1.54, 1.807) is 4.90 Å². The molecule has 3 aliphatic heterocycles. The number of hydrogen-bond donors (Lipinski definition) is 0. The molecular weight excluding hydrogens is 524 g/mol. The van der Waals surface area contributed by atoms with Gasteiger partial charge >= 0.3 is 0 Å². The van der Waals surface area contributed by atoms with Crippen LogP contribution in [0.15, 0.2) is 60.7 Å². The number of rotatable bonds is 6. The topological polar surface area (TPSA) is 45.2 Å². The van der Waals surface area contributed by atoms with Crippen molar-refractivity contribution in [3.05, 3.63) is 94.6 Å². The van der Waals surface area contributed by atoms with Crippen LogP contribution in [-0.4, -0.2) is 72.2 Å². The predicted molar refractivity (Wildman–Crippen MR) is 153 cm³/mol. The standard InChI is InChI=1S/C33H37F2N3O3/c1-22-20-37(28-11-13-36(14-12-28)33(39)29-19-27(34)8-9-30(29)35)15-16-38(22)23(2)26-6-3-24(4-7-26)17-25-5-10-31-32(18-25)41-21-40-31/h3-10,18-19,22-23,28H,11-17,20-21H2,1-2H3/t22-,23+/m1/s1. The molecule has 0 spiro atoms. The maximum atomic E-state index is 14.1. The van der Waals surface area contributed by atoms with E-state index in [9.17, 15) is 13.6 Å². The molecular formula is C33H37F2N3O3. The Labute approximate surface area is 240 Å². The molecule has 0 radical (unpaired) electrons. The van der Waals surface area contributed by atoms with Gasteiger partial charge in [-0.15, -0.1) is 0 Å². The molecule has 3 aliphatic rings. The zero-order chi connectivity index (χ0) is 28.5. The van der Waals surface area contributed by atoms with E-state index in [1.807, 2.05) is 6.07 Å². The molecule has 1 amide bonds. The highest BCUT2D eigenvalue weighted by molar-refractivity contribution is 5.94. The molecule has 0 N–H and O–H groups in total. The minimum absolute atomic E-state index is 0.180. The fraction of sp³-hybridized carbons (Fsp3) is 0.424. The van der Waals surface area contributed by atoms with Crippen molar-refractivity contribution in [1.82, 2.24) is 14.7 Å². The summed E-state index contributed by atoms with van der Waals surface area (Å²) >= 11 is 0. The molecule has 0 aromatic heterocycles. The van der Waals surface area contributed by atoms with Crippen LogP contribution in [0.4, 0.5) is 8.78 Å². The zero-order valence-electron chi connectivity index (χ0n) is 23.7. The molecule has 0 unspecified atom stereocenters. The number of amides is 1. The largest absolute Gasteiger partial charge is 0.454 e. The maximum absolute atomic E-state index is 14.1. The number of fused-ring (bicyclic) bond motifs is 1.